The summed E-state index contributed by atoms with van der Waals surface area (Å²) in [4.78, 5) is 0. The van der Waals surface area contributed by atoms with Gasteiger partial charge in [-0.3, -0.25) is 0 Å². The van der Waals surface area contributed by atoms with Crippen LogP contribution in [0.2, 0.25) is 10.0 Å². The summed E-state index contributed by atoms with van der Waals surface area (Å²) < 4.78 is 107. The van der Waals surface area contributed by atoms with Gasteiger partial charge in [-0.15, -0.1) is 0 Å². The molecule has 0 saturated carbocycles. The van der Waals surface area contributed by atoms with Crippen LogP contribution in [0.5, 0.6) is 0 Å². The summed E-state index contributed by atoms with van der Waals surface area (Å²) in [7, 11) is 0. The molecule has 0 amide bonds. The maximum absolute atomic E-state index is 13.8. The van der Waals surface area contributed by atoms with Crippen molar-refractivity contribution in [2.24, 2.45) is 0 Å². The highest BCUT2D eigenvalue weighted by Crippen LogP contribution is 2.41. The second-order valence-corrected chi connectivity index (χ2v) is 4.65. The van der Waals surface area contributed by atoms with Gasteiger partial charge in [-0.05, 0) is 0 Å². The summed E-state index contributed by atoms with van der Waals surface area (Å²) in [6.07, 6.45) is 0. The van der Waals surface area contributed by atoms with Crippen molar-refractivity contribution in [3.8, 4) is 11.1 Å². The predicted octanol–water partition coefficient (Wildman–Crippen LogP) is 5.77. The van der Waals surface area contributed by atoms with Gasteiger partial charge in [-0.1, -0.05) is 23.2 Å². The minimum atomic E-state index is -2.53. The van der Waals surface area contributed by atoms with E-state index in [4.69, 9.17) is 23.2 Å². The molecule has 2 aromatic carbocycles. The maximum atomic E-state index is 13.8. The van der Waals surface area contributed by atoms with Crippen molar-refractivity contribution in [3.05, 3.63) is 56.6 Å². The van der Waals surface area contributed by atoms with Gasteiger partial charge in [0.2, 0.25) is 5.82 Å². The zero-order valence-corrected chi connectivity index (χ0v) is 11.3. The van der Waals surface area contributed by atoms with Gasteiger partial charge >= 0.3 is 0 Å². The van der Waals surface area contributed by atoms with E-state index in [1.165, 1.54) is 0 Å². The van der Waals surface area contributed by atoms with Crippen LogP contribution in [-0.2, 0) is 0 Å². The van der Waals surface area contributed by atoms with E-state index in [1.807, 2.05) is 0 Å². The van der Waals surface area contributed by atoms with E-state index in [0.717, 1.165) is 0 Å². The molecular weight excluding hydrogens is 367 g/mol. The van der Waals surface area contributed by atoms with Crippen LogP contribution in [0.25, 0.3) is 11.1 Å². The highest BCUT2D eigenvalue weighted by atomic mass is 35.5. The molecule has 0 N–H and O–H groups in total. The third kappa shape index (κ3) is 2.21. The number of rotatable bonds is 1. The van der Waals surface area contributed by atoms with Gasteiger partial charge < -0.3 is 0 Å². The van der Waals surface area contributed by atoms with Crippen LogP contribution in [-0.4, -0.2) is 0 Å². The molecule has 0 bridgehead atoms. The van der Waals surface area contributed by atoms with Crippen LogP contribution in [0.15, 0.2) is 0 Å². The molecule has 2 aromatic rings. The van der Waals surface area contributed by atoms with E-state index in [1.54, 1.807) is 0 Å². The first-order valence-corrected chi connectivity index (χ1v) is 5.90. The lowest BCUT2D eigenvalue weighted by Gasteiger charge is -2.12. The number of hydrogen-bond donors (Lipinski definition) is 0. The molecular formula is C12Cl2F8. The van der Waals surface area contributed by atoms with Crippen LogP contribution in [0.1, 0.15) is 0 Å². The average Bonchev–Trinajstić information content (AvgIpc) is 2.50. The second-order valence-electron chi connectivity index (χ2n) is 3.89. The van der Waals surface area contributed by atoms with Gasteiger partial charge in [-0.2, -0.15) is 0 Å². The fraction of sp³-hybridized carbons (Fsp3) is 0. The monoisotopic (exact) mass is 366 g/mol. The molecule has 0 fully saturated rings. The minimum Gasteiger partial charge on any atom is -0.204 e. The van der Waals surface area contributed by atoms with Gasteiger partial charge in [0.05, 0.1) is 11.1 Å². The summed E-state index contributed by atoms with van der Waals surface area (Å²) in [5.74, 6) is -18.4. The first kappa shape index (κ1) is 16.8. The molecule has 0 aliphatic rings. The molecule has 0 aromatic heterocycles. The average molecular weight is 367 g/mol. The Balaban J connectivity index is 3.03. The second kappa shape index (κ2) is 5.58. The Kier molecular flexibility index (Phi) is 4.27. The summed E-state index contributed by atoms with van der Waals surface area (Å²) in [5.41, 5.74) is -3.72. The normalized spacial score (nSPS) is 11.2. The van der Waals surface area contributed by atoms with Crippen LogP contribution in [0.3, 0.4) is 0 Å². The van der Waals surface area contributed by atoms with Crippen LogP contribution >= 0.6 is 23.2 Å². The lowest BCUT2D eigenvalue weighted by atomic mass is 10.0. The smallest absolute Gasteiger partial charge is 0.200 e. The predicted molar refractivity (Wildman–Crippen MR) is 61.6 cm³/mol. The lowest BCUT2D eigenvalue weighted by Crippen LogP contribution is -2.07. The van der Waals surface area contributed by atoms with Crippen molar-refractivity contribution in [3.63, 3.8) is 0 Å². The first-order valence-electron chi connectivity index (χ1n) is 5.14. The van der Waals surface area contributed by atoms with Crippen LogP contribution in [0, 0.1) is 46.5 Å². The highest BCUT2D eigenvalue weighted by molar-refractivity contribution is 6.35. The third-order valence-corrected chi connectivity index (χ3v) is 3.33. The third-order valence-electron chi connectivity index (χ3n) is 2.67. The molecule has 0 unspecified atom stereocenters. The molecule has 10 heteroatoms. The van der Waals surface area contributed by atoms with Gasteiger partial charge in [0.25, 0.3) is 0 Å². The lowest BCUT2D eigenvalue weighted by molar-refractivity contribution is 0.380. The van der Waals surface area contributed by atoms with E-state index >= 15 is 0 Å². The molecule has 22 heavy (non-hydrogen) atoms. The Labute approximate surface area is 126 Å². The summed E-state index contributed by atoms with van der Waals surface area (Å²) in [6.45, 7) is 0. The molecule has 2 rings (SSSR count). The fourth-order valence-electron chi connectivity index (χ4n) is 1.65. The summed E-state index contributed by atoms with van der Waals surface area (Å²) in [5, 5.41) is -2.93. The van der Waals surface area contributed by atoms with E-state index in [-0.39, 0.29) is 0 Å². The van der Waals surface area contributed by atoms with Crippen molar-refractivity contribution in [2.45, 2.75) is 0 Å². The van der Waals surface area contributed by atoms with Gasteiger partial charge in [-0.25, -0.2) is 35.1 Å². The Morgan fingerprint density at radius 3 is 1.00 bits per heavy atom. The molecule has 0 aliphatic carbocycles. The van der Waals surface area contributed by atoms with Gasteiger partial charge in [0.15, 0.2) is 40.7 Å². The van der Waals surface area contributed by atoms with Crippen LogP contribution < -0.4 is 0 Å². The van der Waals surface area contributed by atoms with E-state index in [0.29, 0.717) is 0 Å². The molecule has 0 saturated heterocycles. The molecule has 0 nitrogen and oxygen atoms in total. The van der Waals surface area contributed by atoms with Gasteiger partial charge in [0, 0.05) is 0 Å². The SMILES string of the molecule is Fc1c(F)c(F)c(-c2c(F)c(Cl)c(F)c(Cl)c2F)c(F)c1F. The number of hydrogen-bond acceptors (Lipinski definition) is 0. The molecule has 118 valence electrons. The Hall–Kier alpha value is -1.54. The summed E-state index contributed by atoms with van der Waals surface area (Å²) >= 11 is 10.2. The summed E-state index contributed by atoms with van der Waals surface area (Å²) in [6, 6.07) is 0. The Bertz CT molecular complexity index is 677. The van der Waals surface area contributed by atoms with Crippen molar-refractivity contribution >= 4 is 23.2 Å². The minimum absolute atomic E-state index is 1.47. The highest BCUT2D eigenvalue weighted by Gasteiger charge is 2.33. The van der Waals surface area contributed by atoms with Crippen molar-refractivity contribution in [1.29, 1.82) is 0 Å². The number of benzene rings is 2. The van der Waals surface area contributed by atoms with Crippen LogP contribution in [0.4, 0.5) is 35.1 Å². The molecule has 0 spiro atoms. The largest absolute Gasteiger partial charge is 0.204 e. The zero-order valence-electron chi connectivity index (χ0n) is 9.78. The Morgan fingerprint density at radius 1 is 0.364 bits per heavy atom. The van der Waals surface area contributed by atoms with E-state index in [9.17, 15) is 35.1 Å². The Morgan fingerprint density at radius 2 is 0.636 bits per heavy atom. The fourth-order valence-corrected chi connectivity index (χ4v) is 2.08. The van der Waals surface area contributed by atoms with E-state index < -0.39 is 67.7 Å². The van der Waals surface area contributed by atoms with Crippen molar-refractivity contribution in [1.82, 2.24) is 0 Å². The zero-order chi connectivity index (χ0) is 16.9. The van der Waals surface area contributed by atoms with Crippen molar-refractivity contribution < 1.29 is 35.1 Å². The molecule has 0 radical (unpaired) electrons. The van der Waals surface area contributed by atoms with E-state index in [2.05, 4.69) is 0 Å². The standard InChI is InChI=1S/C12Cl2F8/c13-3-5(15)1(6(16)4(14)9(3)19)2-7(17)10(20)12(22)11(21)8(2)18. The topological polar surface area (TPSA) is 0 Å². The quantitative estimate of drug-likeness (QED) is 0.341. The number of halogens is 10. The molecule has 0 atom stereocenters. The maximum Gasteiger partial charge on any atom is 0.200 e. The molecule has 0 heterocycles. The molecule has 0 aliphatic heterocycles. The first-order chi connectivity index (χ1) is 10.1. The van der Waals surface area contributed by atoms with Gasteiger partial charge in [0.1, 0.15) is 10.0 Å². The van der Waals surface area contributed by atoms with Crippen molar-refractivity contribution in [2.75, 3.05) is 0 Å².